The van der Waals surface area contributed by atoms with Gasteiger partial charge in [0.25, 0.3) is 0 Å². The van der Waals surface area contributed by atoms with Gasteiger partial charge in [0.2, 0.25) is 0 Å². The average Bonchev–Trinajstić information content (AvgIpc) is 2.29. The molecule has 4 heteroatoms. The van der Waals surface area contributed by atoms with Gasteiger partial charge in [-0.2, -0.15) is 10.5 Å². The SMILES string of the molecule is Cc1cc(CBr)ccc1N(CC#N)CC#N. The van der Waals surface area contributed by atoms with Gasteiger partial charge in [-0.1, -0.05) is 28.1 Å². The fourth-order valence-corrected chi connectivity index (χ4v) is 1.90. The zero-order valence-corrected chi connectivity index (χ0v) is 10.7. The van der Waals surface area contributed by atoms with E-state index in [1.54, 1.807) is 4.90 Å². The molecule has 0 aliphatic rings. The van der Waals surface area contributed by atoms with Crippen LogP contribution in [0.1, 0.15) is 11.1 Å². The first kappa shape index (κ1) is 12.5. The molecule has 82 valence electrons. The zero-order valence-electron chi connectivity index (χ0n) is 9.07. The van der Waals surface area contributed by atoms with Gasteiger partial charge in [0.1, 0.15) is 13.1 Å². The summed E-state index contributed by atoms with van der Waals surface area (Å²) in [5.74, 6) is 0. The molecule has 0 amide bonds. The van der Waals surface area contributed by atoms with Crippen LogP contribution in [-0.2, 0) is 5.33 Å². The summed E-state index contributed by atoms with van der Waals surface area (Å²) in [4.78, 5) is 1.77. The fraction of sp³-hybridized carbons (Fsp3) is 0.333. The van der Waals surface area contributed by atoms with Gasteiger partial charge in [0, 0.05) is 11.0 Å². The van der Waals surface area contributed by atoms with Crippen molar-refractivity contribution in [2.45, 2.75) is 12.3 Å². The molecule has 0 saturated carbocycles. The van der Waals surface area contributed by atoms with Crippen molar-refractivity contribution in [2.75, 3.05) is 18.0 Å². The van der Waals surface area contributed by atoms with Crippen LogP contribution >= 0.6 is 15.9 Å². The van der Waals surface area contributed by atoms with E-state index in [0.29, 0.717) is 0 Å². The van der Waals surface area contributed by atoms with Gasteiger partial charge in [-0.15, -0.1) is 0 Å². The molecule has 0 radical (unpaired) electrons. The summed E-state index contributed by atoms with van der Waals surface area (Å²) in [5, 5.41) is 18.2. The Balaban J connectivity index is 3.02. The van der Waals surface area contributed by atoms with Gasteiger partial charge >= 0.3 is 0 Å². The van der Waals surface area contributed by atoms with Crippen molar-refractivity contribution in [2.24, 2.45) is 0 Å². The van der Waals surface area contributed by atoms with E-state index in [0.717, 1.165) is 16.6 Å². The van der Waals surface area contributed by atoms with E-state index in [4.69, 9.17) is 10.5 Å². The number of hydrogen-bond acceptors (Lipinski definition) is 3. The van der Waals surface area contributed by atoms with Crippen LogP contribution in [0.25, 0.3) is 0 Å². The molecule has 0 aliphatic heterocycles. The molecule has 0 bridgehead atoms. The summed E-state index contributed by atoms with van der Waals surface area (Å²) in [5.41, 5.74) is 3.23. The Morgan fingerprint density at radius 3 is 2.31 bits per heavy atom. The summed E-state index contributed by atoms with van der Waals surface area (Å²) in [6.45, 7) is 2.47. The molecular formula is C12H12BrN3. The van der Waals surface area contributed by atoms with Crippen LogP contribution in [-0.4, -0.2) is 13.1 Å². The molecule has 0 N–H and O–H groups in total. The first-order chi connectivity index (χ1) is 7.72. The minimum Gasteiger partial charge on any atom is -0.345 e. The standard InChI is InChI=1S/C12H12BrN3/c1-10-8-11(9-13)2-3-12(10)16(6-4-14)7-5-15/h2-3,8H,6-7,9H2,1H3. The number of nitriles is 2. The Kier molecular flexibility index (Phi) is 4.82. The molecule has 16 heavy (non-hydrogen) atoms. The Labute approximate surface area is 104 Å². The maximum atomic E-state index is 8.71. The lowest BCUT2D eigenvalue weighted by Gasteiger charge is -2.20. The molecular weight excluding hydrogens is 266 g/mol. The van der Waals surface area contributed by atoms with Crippen LogP contribution in [0.3, 0.4) is 0 Å². The van der Waals surface area contributed by atoms with E-state index >= 15 is 0 Å². The summed E-state index contributed by atoms with van der Waals surface area (Å²) in [6.07, 6.45) is 0. The lowest BCUT2D eigenvalue weighted by molar-refractivity contribution is 0.958. The van der Waals surface area contributed by atoms with Crippen LogP contribution in [0.4, 0.5) is 5.69 Å². The highest BCUT2D eigenvalue weighted by molar-refractivity contribution is 9.08. The van der Waals surface area contributed by atoms with E-state index in [1.165, 1.54) is 5.56 Å². The van der Waals surface area contributed by atoms with Crippen molar-refractivity contribution in [3.05, 3.63) is 29.3 Å². The number of alkyl halides is 1. The predicted octanol–water partition coefficient (Wildman–Crippen LogP) is 2.74. The highest BCUT2D eigenvalue weighted by Gasteiger charge is 2.08. The molecule has 1 aromatic carbocycles. The van der Waals surface area contributed by atoms with E-state index in [9.17, 15) is 0 Å². The molecule has 0 saturated heterocycles. The molecule has 0 spiro atoms. The fourth-order valence-electron chi connectivity index (χ4n) is 1.55. The van der Waals surface area contributed by atoms with Crippen molar-refractivity contribution in [3.8, 4) is 12.1 Å². The summed E-state index contributed by atoms with van der Waals surface area (Å²) in [7, 11) is 0. The Morgan fingerprint density at radius 1 is 1.25 bits per heavy atom. The zero-order chi connectivity index (χ0) is 12.0. The van der Waals surface area contributed by atoms with Gasteiger partial charge in [-0.05, 0) is 24.1 Å². The number of rotatable bonds is 4. The molecule has 0 aromatic heterocycles. The molecule has 0 atom stereocenters. The van der Waals surface area contributed by atoms with Gasteiger partial charge in [-0.25, -0.2) is 0 Å². The summed E-state index contributed by atoms with van der Waals surface area (Å²) in [6, 6.07) is 10.2. The topological polar surface area (TPSA) is 50.8 Å². The average molecular weight is 278 g/mol. The molecule has 0 unspecified atom stereocenters. The monoisotopic (exact) mass is 277 g/mol. The number of nitrogens with zero attached hydrogens (tertiary/aromatic N) is 3. The highest BCUT2D eigenvalue weighted by atomic mass is 79.9. The van der Waals surface area contributed by atoms with Crippen LogP contribution in [0.2, 0.25) is 0 Å². The van der Waals surface area contributed by atoms with Crippen LogP contribution < -0.4 is 4.90 Å². The maximum Gasteiger partial charge on any atom is 0.106 e. The Morgan fingerprint density at radius 2 is 1.88 bits per heavy atom. The molecule has 3 nitrogen and oxygen atoms in total. The first-order valence-electron chi connectivity index (χ1n) is 4.87. The number of benzene rings is 1. The lowest BCUT2D eigenvalue weighted by atomic mass is 10.1. The van der Waals surface area contributed by atoms with Gasteiger partial charge in [0.05, 0.1) is 12.1 Å². The first-order valence-corrected chi connectivity index (χ1v) is 5.99. The van der Waals surface area contributed by atoms with Crippen molar-refractivity contribution in [3.63, 3.8) is 0 Å². The second kappa shape index (κ2) is 6.15. The van der Waals surface area contributed by atoms with E-state index in [2.05, 4.69) is 34.1 Å². The van der Waals surface area contributed by atoms with Crippen LogP contribution in [0, 0.1) is 29.6 Å². The number of halogens is 1. The third-order valence-corrected chi connectivity index (χ3v) is 2.93. The third-order valence-electron chi connectivity index (χ3n) is 2.28. The Bertz CT molecular complexity index is 427. The number of anilines is 1. The maximum absolute atomic E-state index is 8.71. The molecule has 0 heterocycles. The van der Waals surface area contributed by atoms with Gasteiger partial charge in [0.15, 0.2) is 0 Å². The minimum absolute atomic E-state index is 0.238. The summed E-state index contributed by atoms with van der Waals surface area (Å²) >= 11 is 3.40. The molecule has 1 aromatic rings. The van der Waals surface area contributed by atoms with E-state index < -0.39 is 0 Å². The van der Waals surface area contributed by atoms with Crippen molar-refractivity contribution in [1.82, 2.24) is 0 Å². The number of hydrogen-bond donors (Lipinski definition) is 0. The second-order valence-corrected chi connectivity index (χ2v) is 3.99. The van der Waals surface area contributed by atoms with Gasteiger partial charge < -0.3 is 4.90 Å². The molecule has 0 fully saturated rings. The minimum atomic E-state index is 0.238. The number of aryl methyl sites for hydroxylation is 1. The second-order valence-electron chi connectivity index (χ2n) is 3.43. The molecule has 1 rings (SSSR count). The normalized spacial score (nSPS) is 9.25. The van der Waals surface area contributed by atoms with Gasteiger partial charge in [-0.3, -0.25) is 0 Å². The van der Waals surface area contributed by atoms with Crippen molar-refractivity contribution < 1.29 is 0 Å². The quantitative estimate of drug-likeness (QED) is 0.628. The van der Waals surface area contributed by atoms with E-state index in [-0.39, 0.29) is 13.1 Å². The predicted molar refractivity (Wildman–Crippen MR) is 67.2 cm³/mol. The van der Waals surface area contributed by atoms with E-state index in [1.807, 2.05) is 19.1 Å². The van der Waals surface area contributed by atoms with Crippen molar-refractivity contribution >= 4 is 21.6 Å². The highest BCUT2D eigenvalue weighted by Crippen LogP contribution is 2.21. The largest absolute Gasteiger partial charge is 0.345 e. The Hall–Kier alpha value is -1.52. The smallest absolute Gasteiger partial charge is 0.106 e. The van der Waals surface area contributed by atoms with Crippen LogP contribution in [0.5, 0.6) is 0 Å². The van der Waals surface area contributed by atoms with Crippen LogP contribution in [0.15, 0.2) is 18.2 Å². The lowest BCUT2D eigenvalue weighted by Crippen LogP contribution is -2.24. The summed E-state index contributed by atoms with van der Waals surface area (Å²) < 4.78 is 0. The third kappa shape index (κ3) is 2.98. The molecule has 0 aliphatic carbocycles. The van der Waals surface area contributed by atoms with Crippen molar-refractivity contribution in [1.29, 1.82) is 10.5 Å².